The van der Waals surface area contributed by atoms with Gasteiger partial charge in [-0.3, -0.25) is 4.68 Å². The van der Waals surface area contributed by atoms with Crippen LogP contribution in [0.25, 0.3) is 0 Å². The molecule has 0 spiro atoms. The quantitative estimate of drug-likeness (QED) is 0.745. The Morgan fingerprint density at radius 1 is 1.24 bits per heavy atom. The standard InChI is InChI=1S/C16H30N4O/c1-13-4-7-19(8-5-13)9-6-17-12-16-14(2)18-20(10-11-21)15(16)3/h13,17,21H,4-12H2,1-3H3. The number of aliphatic hydroxyl groups excluding tert-OH is 1. The maximum Gasteiger partial charge on any atom is 0.0644 e. The monoisotopic (exact) mass is 294 g/mol. The molecule has 0 aliphatic carbocycles. The van der Waals surface area contributed by atoms with E-state index in [1.165, 1.54) is 37.2 Å². The first-order valence-corrected chi connectivity index (χ1v) is 8.18. The summed E-state index contributed by atoms with van der Waals surface area (Å²) in [5, 5.41) is 17.1. The minimum absolute atomic E-state index is 0.141. The molecule has 0 atom stereocenters. The number of nitrogens with one attached hydrogen (secondary N) is 1. The van der Waals surface area contributed by atoms with Crippen molar-refractivity contribution >= 4 is 0 Å². The number of aromatic nitrogens is 2. The van der Waals surface area contributed by atoms with Crippen LogP contribution in [0.2, 0.25) is 0 Å². The fraction of sp³-hybridized carbons (Fsp3) is 0.812. The van der Waals surface area contributed by atoms with Gasteiger partial charge < -0.3 is 15.3 Å². The van der Waals surface area contributed by atoms with Crippen LogP contribution in [0.1, 0.15) is 36.7 Å². The van der Waals surface area contributed by atoms with E-state index < -0.39 is 0 Å². The van der Waals surface area contributed by atoms with E-state index in [4.69, 9.17) is 5.11 Å². The lowest BCUT2D eigenvalue weighted by Gasteiger charge is -2.30. The van der Waals surface area contributed by atoms with E-state index in [9.17, 15) is 0 Å². The second kappa shape index (κ2) is 7.92. The summed E-state index contributed by atoms with van der Waals surface area (Å²) < 4.78 is 1.90. The molecule has 1 saturated heterocycles. The summed E-state index contributed by atoms with van der Waals surface area (Å²) in [7, 11) is 0. The van der Waals surface area contributed by atoms with Crippen LogP contribution in [0.5, 0.6) is 0 Å². The molecular formula is C16H30N4O. The van der Waals surface area contributed by atoms with Gasteiger partial charge in [-0.05, 0) is 45.7 Å². The van der Waals surface area contributed by atoms with Gasteiger partial charge in [0.2, 0.25) is 0 Å². The fourth-order valence-electron chi connectivity index (χ4n) is 3.04. The lowest BCUT2D eigenvalue weighted by molar-refractivity contribution is 0.193. The highest BCUT2D eigenvalue weighted by atomic mass is 16.3. The SMILES string of the molecule is Cc1nn(CCO)c(C)c1CNCCN1CCC(C)CC1. The van der Waals surface area contributed by atoms with Crippen molar-refractivity contribution in [3.05, 3.63) is 17.0 Å². The average Bonchev–Trinajstić information content (AvgIpc) is 2.73. The number of aryl methyl sites for hydroxylation is 1. The lowest BCUT2D eigenvalue weighted by atomic mass is 9.99. The van der Waals surface area contributed by atoms with Crippen LogP contribution < -0.4 is 5.32 Å². The van der Waals surface area contributed by atoms with Gasteiger partial charge in [0.25, 0.3) is 0 Å². The van der Waals surface area contributed by atoms with Crippen molar-refractivity contribution in [1.82, 2.24) is 20.0 Å². The molecule has 2 rings (SSSR count). The Kier molecular flexibility index (Phi) is 6.21. The van der Waals surface area contributed by atoms with Gasteiger partial charge in [0, 0.05) is 30.9 Å². The average molecular weight is 294 g/mol. The van der Waals surface area contributed by atoms with Crippen molar-refractivity contribution in [2.75, 3.05) is 32.8 Å². The van der Waals surface area contributed by atoms with Crippen molar-refractivity contribution in [3.63, 3.8) is 0 Å². The molecule has 1 fully saturated rings. The van der Waals surface area contributed by atoms with Crippen LogP contribution in [0.4, 0.5) is 0 Å². The van der Waals surface area contributed by atoms with Gasteiger partial charge in [0.15, 0.2) is 0 Å². The Morgan fingerprint density at radius 3 is 2.62 bits per heavy atom. The molecule has 1 aliphatic rings. The topological polar surface area (TPSA) is 53.3 Å². The molecule has 0 amide bonds. The zero-order chi connectivity index (χ0) is 15.2. The van der Waals surface area contributed by atoms with Crippen molar-refractivity contribution in [3.8, 4) is 0 Å². The summed E-state index contributed by atoms with van der Waals surface area (Å²) in [4.78, 5) is 2.56. The Hall–Kier alpha value is -0.910. The second-order valence-corrected chi connectivity index (χ2v) is 6.30. The maximum absolute atomic E-state index is 9.04. The molecule has 0 radical (unpaired) electrons. The number of piperidine rings is 1. The molecule has 0 unspecified atom stereocenters. The van der Waals surface area contributed by atoms with Crippen LogP contribution in [0, 0.1) is 19.8 Å². The van der Waals surface area contributed by atoms with E-state index in [0.29, 0.717) is 6.54 Å². The van der Waals surface area contributed by atoms with Crippen LogP contribution in [0.3, 0.4) is 0 Å². The smallest absolute Gasteiger partial charge is 0.0644 e. The predicted octanol–water partition coefficient (Wildman–Crippen LogP) is 1.31. The molecule has 0 saturated carbocycles. The lowest BCUT2D eigenvalue weighted by Crippen LogP contribution is -2.37. The zero-order valence-electron chi connectivity index (χ0n) is 13.7. The van der Waals surface area contributed by atoms with Gasteiger partial charge in [-0.1, -0.05) is 6.92 Å². The summed E-state index contributed by atoms with van der Waals surface area (Å²) in [6.45, 7) is 12.7. The van der Waals surface area contributed by atoms with Gasteiger partial charge in [-0.25, -0.2) is 0 Å². The minimum atomic E-state index is 0.141. The highest BCUT2D eigenvalue weighted by molar-refractivity contribution is 5.24. The third kappa shape index (κ3) is 4.53. The Labute approximate surface area is 128 Å². The first-order chi connectivity index (χ1) is 10.1. The minimum Gasteiger partial charge on any atom is -0.394 e. The van der Waals surface area contributed by atoms with E-state index in [2.05, 4.69) is 29.2 Å². The molecule has 2 heterocycles. The van der Waals surface area contributed by atoms with Crippen LogP contribution in [-0.4, -0.2) is 52.6 Å². The van der Waals surface area contributed by atoms with Gasteiger partial charge in [-0.2, -0.15) is 5.10 Å². The molecule has 0 bridgehead atoms. The number of hydrogen-bond acceptors (Lipinski definition) is 4. The Bertz CT molecular complexity index is 436. The van der Waals surface area contributed by atoms with E-state index in [1.54, 1.807) is 0 Å². The highest BCUT2D eigenvalue weighted by Gasteiger charge is 2.15. The predicted molar refractivity (Wildman–Crippen MR) is 85.3 cm³/mol. The molecule has 1 aliphatic heterocycles. The van der Waals surface area contributed by atoms with E-state index in [0.717, 1.165) is 31.2 Å². The molecule has 2 N–H and O–H groups in total. The summed E-state index contributed by atoms with van der Waals surface area (Å²) in [6, 6.07) is 0. The van der Waals surface area contributed by atoms with Crippen LogP contribution >= 0.6 is 0 Å². The van der Waals surface area contributed by atoms with Crippen molar-refractivity contribution in [2.45, 2.75) is 46.7 Å². The van der Waals surface area contributed by atoms with Gasteiger partial charge >= 0.3 is 0 Å². The molecule has 5 heteroatoms. The first kappa shape index (κ1) is 16.5. The normalized spacial score (nSPS) is 17.5. The number of rotatable bonds is 7. The third-order valence-electron chi connectivity index (χ3n) is 4.63. The van der Waals surface area contributed by atoms with Gasteiger partial charge in [0.1, 0.15) is 0 Å². The van der Waals surface area contributed by atoms with E-state index >= 15 is 0 Å². The van der Waals surface area contributed by atoms with E-state index in [-0.39, 0.29) is 6.61 Å². The summed E-state index contributed by atoms with van der Waals surface area (Å²) >= 11 is 0. The highest BCUT2D eigenvalue weighted by Crippen LogP contribution is 2.15. The molecule has 1 aromatic rings. The largest absolute Gasteiger partial charge is 0.394 e. The first-order valence-electron chi connectivity index (χ1n) is 8.18. The molecule has 0 aromatic carbocycles. The van der Waals surface area contributed by atoms with Crippen molar-refractivity contribution in [1.29, 1.82) is 0 Å². The molecule has 5 nitrogen and oxygen atoms in total. The number of nitrogens with zero attached hydrogens (tertiary/aromatic N) is 3. The van der Waals surface area contributed by atoms with Crippen molar-refractivity contribution in [2.24, 2.45) is 5.92 Å². The van der Waals surface area contributed by atoms with Crippen molar-refractivity contribution < 1.29 is 5.11 Å². The number of hydrogen-bond donors (Lipinski definition) is 2. The summed E-state index contributed by atoms with van der Waals surface area (Å²) in [5.74, 6) is 0.900. The molecule has 21 heavy (non-hydrogen) atoms. The Morgan fingerprint density at radius 2 is 1.95 bits per heavy atom. The molecular weight excluding hydrogens is 264 g/mol. The number of likely N-dealkylation sites (tertiary alicyclic amines) is 1. The van der Waals surface area contributed by atoms with Crippen LogP contribution in [0.15, 0.2) is 0 Å². The van der Waals surface area contributed by atoms with Crippen LogP contribution in [-0.2, 0) is 13.1 Å². The molecule has 120 valence electrons. The summed E-state index contributed by atoms with van der Waals surface area (Å²) in [6.07, 6.45) is 2.68. The van der Waals surface area contributed by atoms with E-state index in [1.807, 2.05) is 11.6 Å². The maximum atomic E-state index is 9.04. The number of aliphatic hydroxyl groups is 1. The Balaban J connectivity index is 1.73. The zero-order valence-corrected chi connectivity index (χ0v) is 13.7. The van der Waals surface area contributed by atoms with Gasteiger partial charge in [0.05, 0.1) is 18.8 Å². The molecule has 1 aromatic heterocycles. The fourth-order valence-corrected chi connectivity index (χ4v) is 3.04. The third-order valence-corrected chi connectivity index (χ3v) is 4.63. The second-order valence-electron chi connectivity index (χ2n) is 6.30. The summed E-state index contributed by atoms with van der Waals surface area (Å²) in [5.41, 5.74) is 3.51. The van der Waals surface area contributed by atoms with Gasteiger partial charge in [-0.15, -0.1) is 0 Å².